The van der Waals surface area contributed by atoms with E-state index < -0.39 is 11.4 Å². The summed E-state index contributed by atoms with van der Waals surface area (Å²) >= 11 is 0. The van der Waals surface area contributed by atoms with Gasteiger partial charge in [0.25, 0.3) is 0 Å². The van der Waals surface area contributed by atoms with E-state index in [-0.39, 0.29) is 17.9 Å². The minimum Gasteiger partial charge on any atom is -0.377 e. The number of primary amides is 1. The maximum absolute atomic E-state index is 13.5. The van der Waals surface area contributed by atoms with Gasteiger partial charge in [-0.25, -0.2) is 4.79 Å². The van der Waals surface area contributed by atoms with Crippen molar-refractivity contribution in [3.63, 3.8) is 0 Å². The molecule has 1 aromatic heterocycles. The van der Waals surface area contributed by atoms with Crippen molar-refractivity contribution in [3.05, 3.63) is 94.3 Å². The number of carbonyl (C=O) groups excluding carboxylic acids is 2. The summed E-state index contributed by atoms with van der Waals surface area (Å²) in [7, 11) is 0. The Hall–Kier alpha value is -4.40. The first-order chi connectivity index (χ1) is 21.0. The number of urea groups is 1. The Balaban J connectivity index is 1.61. The minimum absolute atomic E-state index is 0.0443. The third-order valence-electron chi connectivity index (χ3n) is 8.48. The highest BCUT2D eigenvalue weighted by atomic mass is 16.2. The van der Waals surface area contributed by atoms with Gasteiger partial charge in [0, 0.05) is 50.2 Å². The van der Waals surface area contributed by atoms with E-state index in [9.17, 15) is 9.59 Å². The van der Waals surface area contributed by atoms with Crippen LogP contribution in [0.1, 0.15) is 79.5 Å². The predicted octanol–water partition coefficient (Wildman–Crippen LogP) is 5.34. The summed E-state index contributed by atoms with van der Waals surface area (Å²) in [5.74, 6) is 0.585. The second-order valence-corrected chi connectivity index (χ2v) is 12.1. The Morgan fingerprint density at radius 3 is 2.34 bits per heavy atom. The van der Waals surface area contributed by atoms with Crippen LogP contribution in [0.2, 0.25) is 0 Å². The molecular formula is C35H47N7O2. The van der Waals surface area contributed by atoms with E-state index in [1.807, 2.05) is 44.7 Å². The molecule has 0 saturated carbocycles. The Morgan fingerprint density at radius 1 is 1.02 bits per heavy atom. The van der Waals surface area contributed by atoms with Crippen LogP contribution in [0.5, 0.6) is 0 Å². The lowest BCUT2D eigenvalue weighted by atomic mass is 9.80. The second-order valence-electron chi connectivity index (χ2n) is 12.1. The highest BCUT2D eigenvalue weighted by Gasteiger charge is 2.37. The molecule has 2 atom stereocenters. The van der Waals surface area contributed by atoms with E-state index in [1.54, 1.807) is 12.4 Å². The van der Waals surface area contributed by atoms with Gasteiger partial charge in [0.2, 0.25) is 5.91 Å². The van der Waals surface area contributed by atoms with Crippen LogP contribution >= 0.6 is 0 Å². The van der Waals surface area contributed by atoms with Crippen molar-refractivity contribution in [2.24, 2.45) is 10.7 Å². The van der Waals surface area contributed by atoms with Gasteiger partial charge >= 0.3 is 6.03 Å². The number of amides is 3. The number of nitrogens with two attached hydrogens (primary N) is 1. The summed E-state index contributed by atoms with van der Waals surface area (Å²) < 4.78 is 0. The fourth-order valence-corrected chi connectivity index (χ4v) is 6.14. The number of aromatic nitrogens is 1. The Bertz CT molecular complexity index is 1460. The molecular weight excluding hydrogens is 550 g/mol. The predicted molar refractivity (Wildman–Crippen MR) is 178 cm³/mol. The van der Waals surface area contributed by atoms with Gasteiger partial charge < -0.3 is 21.3 Å². The Kier molecular flexibility index (Phi) is 10.6. The monoisotopic (exact) mass is 597 g/mol. The van der Waals surface area contributed by atoms with Gasteiger partial charge in [0.05, 0.1) is 11.5 Å². The fourth-order valence-electron chi connectivity index (χ4n) is 6.14. The first-order valence-corrected chi connectivity index (χ1v) is 15.6. The number of likely N-dealkylation sites (N-methyl/N-ethyl adjacent to an activating group) is 1. The molecule has 234 valence electrons. The number of hydrogen-bond acceptors (Lipinski definition) is 5. The molecule has 2 heterocycles. The highest BCUT2D eigenvalue weighted by molar-refractivity contribution is 5.95. The smallest absolute Gasteiger partial charge is 0.318 e. The number of fused-ring (bicyclic) bond motifs is 1. The number of rotatable bonds is 11. The van der Waals surface area contributed by atoms with Crippen molar-refractivity contribution in [3.8, 4) is 0 Å². The SMILES string of the molecule is CCN(CC)C(=O)C(C)(C)c1ccc2c(c1)C(CCN=C(NCCc1ccncc1)NC(N)=O)C(c1cc(C)cc(C)c1)N2. The van der Waals surface area contributed by atoms with Crippen molar-refractivity contribution < 1.29 is 9.59 Å². The van der Waals surface area contributed by atoms with Gasteiger partial charge in [-0.3, -0.25) is 20.1 Å². The number of carbonyl (C=O) groups is 2. The summed E-state index contributed by atoms with van der Waals surface area (Å²) in [6.07, 6.45) is 5.00. The van der Waals surface area contributed by atoms with E-state index in [0.717, 1.165) is 29.7 Å². The first kappa shape index (κ1) is 32.5. The normalized spacial score (nSPS) is 16.2. The van der Waals surface area contributed by atoms with Crippen molar-refractivity contribution in [1.29, 1.82) is 0 Å². The summed E-state index contributed by atoms with van der Waals surface area (Å²) in [5, 5.41) is 9.64. The number of nitrogens with zero attached hydrogens (tertiary/aromatic N) is 3. The maximum Gasteiger partial charge on any atom is 0.318 e. The van der Waals surface area contributed by atoms with Crippen LogP contribution < -0.4 is 21.7 Å². The van der Waals surface area contributed by atoms with E-state index >= 15 is 0 Å². The van der Waals surface area contributed by atoms with Gasteiger partial charge in [0.1, 0.15) is 0 Å². The van der Waals surface area contributed by atoms with Crippen LogP contribution in [0.25, 0.3) is 0 Å². The molecule has 4 rings (SSSR count). The number of anilines is 1. The zero-order valence-corrected chi connectivity index (χ0v) is 26.9. The lowest BCUT2D eigenvalue weighted by Gasteiger charge is -2.31. The number of nitrogens with one attached hydrogen (secondary N) is 3. The molecule has 5 N–H and O–H groups in total. The molecule has 2 unspecified atom stereocenters. The van der Waals surface area contributed by atoms with Crippen LogP contribution in [0.3, 0.4) is 0 Å². The average molecular weight is 598 g/mol. The van der Waals surface area contributed by atoms with Gasteiger partial charge in [-0.15, -0.1) is 0 Å². The standard InChI is InChI=1S/C35H47N7O2/c1-7-42(8-2)32(43)35(5,6)27-9-10-30-29(22-27)28(31(40-30)26-20-23(3)19-24(4)21-26)14-18-39-34(41-33(36)44)38-17-13-25-11-15-37-16-12-25/h9-12,15-16,19-22,28,31,40H,7-8,13-14,17-18H2,1-6H3,(H4,36,38,39,41,44). The second kappa shape index (κ2) is 14.4. The number of aryl methyl sites for hydroxylation is 2. The average Bonchev–Trinajstić information content (AvgIpc) is 3.35. The third kappa shape index (κ3) is 7.75. The van der Waals surface area contributed by atoms with E-state index in [2.05, 4.69) is 71.2 Å². The molecule has 0 saturated heterocycles. The van der Waals surface area contributed by atoms with Crippen molar-refractivity contribution in [2.75, 3.05) is 31.5 Å². The van der Waals surface area contributed by atoms with Gasteiger partial charge in [0.15, 0.2) is 5.96 Å². The molecule has 0 spiro atoms. The zero-order chi connectivity index (χ0) is 31.9. The number of hydrogen-bond donors (Lipinski definition) is 4. The minimum atomic E-state index is -0.668. The largest absolute Gasteiger partial charge is 0.377 e. The summed E-state index contributed by atoms with van der Waals surface area (Å²) in [5.41, 5.74) is 12.8. The molecule has 3 amide bonds. The van der Waals surface area contributed by atoms with Gasteiger partial charge in [-0.05, 0) is 94.8 Å². The number of benzene rings is 2. The first-order valence-electron chi connectivity index (χ1n) is 15.6. The van der Waals surface area contributed by atoms with Crippen LogP contribution in [0.15, 0.2) is 65.9 Å². The zero-order valence-electron chi connectivity index (χ0n) is 26.9. The van der Waals surface area contributed by atoms with Crippen molar-refractivity contribution in [2.45, 2.75) is 71.8 Å². The van der Waals surface area contributed by atoms with Gasteiger partial charge in [-0.2, -0.15) is 0 Å². The number of guanidine groups is 1. The topological polar surface area (TPSA) is 125 Å². The molecule has 9 heteroatoms. The summed E-state index contributed by atoms with van der Waals surface area (Å²) in [4.78, 5) is 36.0. The van der Waals surface area contributed by atoms with E-state index in [4.69, 9.17) is 10.7 Å². The molecule has 0 radical (unpaired) electrons. The summed E-state index contributed by atoms with van der Waals surface area (Å²) in [6.45, 7) is 14.7. The van der Waals surface area contributed by atoms with E-state index in [1.165, 1.54) is 22.3 Å². The third-order valence-corrected chi connectivity index (χ3v) is 8.48. The van der Waals surface area contributed by atoms with Crippen LogP contribution in [-0.4, -0.2) is 54.0 Å². The molecule has 1 aliphatic rings. The molecule has 9 nitrogen and oxygen atoms in total. The lowest BCUT2D eigenvalue weighted by molar-refractivity contribution is -0.135. The Labute approximate surface area is 261 Å². The molecule has 2 aromatic carbocycles. The quantitative estimate of drug-likeness (QED) is 0.175. The maximum atomic E-state index is 13.5. The van der Waals surface area contributed by atoms with Crippen LogP contribution in [0, 0.1) is 13.8 Å². The fraction of sp³-hybridized carbons (Fsp3) is 0.429. The van der Waals surface area contributed by atoms with Crippen molar-refractivity contribution in [1.82, 2.24) is 20.5 Å². The number of pyridine rings is 1. The highest BCUT2D eigenvalue weighted by Crippen LogP contribution is 2.47. The molecule has 1 aliphatic heterocycles. The van der Waals surface area contributed by atoms with Gasteiger partial charge in [-0.1, -0.05) is 41.5 Å². The van der Waals surface area contributed by atoms with Crippen molar-refractivity contribution >= 4 is 23.6 Å². The summed E-state index contributed by atoms with van der Waals surface area (Å²) in [6, 6.07) is 16.4. The van der Waals surface area contributed by atoms with Crippen LogP contribution in [-0.2, 0) is 16.6 Å². The molecule has 0 aliphatic carbocycles. The molecule has 0 bridgehead atoms. The Morgan fingerprint density at radius 2 is 1.70 bits per heavy atom. The number of aliphatic imine (C=N–C) groups is 1. The lowest BCUT2D eigenvalue weighted by Crippen LogP contribution is -2.44. The van der Waals surface area contributed by atoms with Crippen LogP contribution in [0.4, 0.5) is 10.5 Å². The molecule has 44 heavy (non-hydrogen) atoms. The molecule has 0 fully saturated rings. The molecule has 3 aromatic rings. The van der Waals surface area contributed by atoms with E-state index in [0.29, 0.717) is 32.1 Å².